The molecular formula is C14H19FO2. The van der Waals surface area contributed by atoms with Crippen LogP contribution in [0.15, 0.2) is 18.2 Å². The Morgan fingerprint density at radius 2 is 2.12 bits per heavy atom. The van der Waals surface area contributed by atoms with E-state index in [2.05, 4.69) is 0 Å². The summed E-state index contributed by atoms with van der Waals surface area (Å²) in [5, 5.41) is 10.3. The fourth-order valence-corrected chi connectivity index (χ4v) is 2.23. The van der Waals surface area contributed by atoms with Crippen LogP contribution in [0.4, 0.5) is 4.39 Å². The van der Waals surface area contributed by atoms with E-state index in [1.54, 1.807) is 0 Å². The Morgan fingerprint density at radius 1 is 1.41 bits per heavy atom. The molecule has 1 aromatic carbocycles. The van der Waals surface area contributed by atoms with Gasteiger partial charge in [0, 0.05) is 6.61 Å². The van der Waals surface area contributed by atoms with Gasteiger partial charge in [-0.1, -0.05) is 6.07 Å². The summed E-state index contributed by atoms with van der Waals surface area (Å²) in [7, 11) is 0. The number of benzene rings is 1. The fraction of sp³-hybridized carbons (Fsp3) is 0.571. The maximum absolute atomic E-state index is 13.3. The lowest BCUT2D eigenvalue weighted by atomic mass is 9.99. The predicted octanol–water partition coefficient (Wildman–Crippen LogP) is 2.98. The van der Waals surface area contributed by atoms with Crippen molar-refractivity contribution >= 4 is 0 Å². The average Bonchev–Trinajstić information content (AvgIpc) is 3.07. The summed E-state index contributed by atoms with van der Waals surface area (Å²) in [6, 6.07) is 4.68. The highest BCUT2D eigenvalue weighted by Gasteiger charge is 2.37. The summed E-state index contributed by atoms with van der Waals surface area (Å²) in [5.74, 6) is 0.124. The minimum atomic E-state index is -0.725. The van der Waals surface area contributed by atoms with E-state index < -0.39 is 6.10 Å². The van der Waals surface area contributed by atoms with Gasteiger partial charge in [0.2, 0.25) is 0 Å². The van der Waals surface area contributed by atoms with E-state index in [1.165, 1.54) is 12.1 Å². The first-order chi connectivity index (χ1) is 8.11. The van der Waals surface area contributed by atoms with Gasteiger partial charge in [-0.2, -0.15) is 0 Å². The lowest BCUT2D eigenvalue weighted by molar-refractivity contribution is -0.0463. The molecule has 2 unspecified atom stereocenters. The molecule has 0 aliphatic heterocycles. The number of aliphatic hydroxyl groups is 1. The van der Waals surface area contributed by atoms with Gasteiger partial charge in [0.1, 0.15) is 11.9 Å². The Morgan fingerprint density at radius 3 is 2.65 bits per heavy atom. The zero-order valence-corrected chi connectivity index (χ0v) is 10.3. The predicted molar refractivity (Wildman–Crippen MR) is 64.2 cm³/mol. The summed E-state index contributed by atoms with van der Waals surface area (Å²) in [6.07, 6.45) is 1.27. The molecule has 0 aromatic heterocycles. The van der Waals surface area contributed by atoms with Crippen molar-refractivity contribution in [1.82, 2.24) is 0 Å². The Balaban J connectivity index is 2.18. The molecule has 2 nitrogen and oxygen atoms in total. The molecule has 0 radical (unpaired) electrons. The SMILES string of the molecule is CCOC(C1CC1)C(O)c1cc(C)cc(F)c1. The topological polar surface area (TPSA) is 29.5 Å². The van der Waals surface area contributed by atoms with Gasteiger partial charge in [0.15, 0.2) is 0 Å². The molecule has 2 rings (SSSR count). The first-order valence-electron chi connectivity index (χ1n) is 6.18. The van der Waals surface area contributed by atoms with Crippen LogP contribution in [0.1, 0.15) is 37.0 Å². The van der Waals surface area contributed by atoms with E-state index in [1.807, 2.05) is 19.9 Å². The van der Waals surface area contributed by atoms with Gasteiger partial charge < -0.3 is 9.84 Å². The van der Waals surface area contributed by atoms with Crippen molar-refractivity contribution in [3.63, 3.8) is 0 Å². The van der Waals surface area contributed by atoms with Gasteiger partial charge in [-0.25, -0.2) is 4.39 Å². The maximum Gasteiger partial charge on any atom is 0.123 e. The summed E-state index contributed by atoms with van der Waals surface area (Å²) in [6.45, 7) is 4.32. The number of rotatable bonds is 5. The van der Waals surface area contributed by atoms with Gasteiger partial charge in [-0.3, -0.25) is 0 Å². The standard InChI is InChI=1S/C14H19FO2/c1-3-17-14(10-4-5-10)13(16)11-6-9(2)7-12(15)8-11/h6-8,10,13-14,16H,3-5H2,1-2H3. The van der Waals surface area contributed by atoms with Crippen LogP contribution in [0.3, 0.4) is 0 Å². The average molecular weight is 238 g/mol. The lowest BCUT2D eigenvalue weighted by Gasteiger charge is -2.23. The Hall–Kier alpha value is -0.930. The fourth-order valence-electron chi connectivity index (χ4n) is 2.23. The van der Waals surface area contributed by atoms with E-state index in [-0.39, 0.29) is 11.9 Å². The number of halogens is 1. The molecule has 1 fully saturated rings. The molecule has 0 amide bonds. The highest BCUT2D eigenvalue weighted by molar-refractivity contribution is 5.26. The van der Waals surface area contributed by atoms with E-state index in [0.29, 0.717) is 18.1 Å². The van der Waals surface area contributed by atoms with E-state index in [4.69, 9.17) is 4.74 Å². The van der Waals surface area contributed by atoms with Crippen molar-refractivity contribution in [3.05, 3.63) is 35.1 Å². The molecule has 1 aliphatic carbocycles. The normalized spacial score (nSPS) is 19.1. The molecule has 0 heterocycles. The van der Waals surface area contributed by atoms with E-state index >= 15 is 0 Å². The van der Waals surface area contributed by atoms with E-state index in [0.717, 1.165) is 18.4 Å². The zero-order chi connectivity index (χ0) is 12.4. The summed E-state index contributed by atoms with van der Waals surface area (Å²) in [4.78, 5) is 0. The second-order valence-corrected chi connectivity index (χ2v) is 4.76. The lowest BCUT2D eigenvalue weighted by Crippen LogP contribution is -2.24. The van der Waals surface area contributed by atoms with Crippen LogP contribution in [0.2, 0.25) is 0 Å². The third-order valence-corrected chi connectivity index (χ3v) is 3.16. The molecule has 0 saturated heterocycles. The number of hydrogen-bond donors (Lipinski definition) is 1. The number of hydrogen-bond acceptors (Lipinski definition) is 2. The van der Waals surface area contributed by atoms with Crippen LogP contribution in [0.5, 0.6) is 0 Å². The van der Waals surface area contributed by atoms with Crippen molar-refractivity contribution in [3.8, 4) is 0 Å². The van der Waals surface area contributed by atoms with Gasteiger partial charge in [0.25, 0.3) is 0 Å². The van der Waals surface area contributed by atoms with Gasteiger partial charge in [-0.15, -0.1) is 0 Å². The minimum absolute atomic E-state index is 0.193. The first kappa shape index (κ1) is 12.5. The highest BCUT2D eigenvalue weighted by atomic mass is 19.1. The van der Waals surface area contributed by atoms with Gasteiger partial charge in [0.05, 0.1) is 6.10 Å². The molecule has 0 spiro atoms. The third-order valence-electron chi connectivity index (χ3n) is 3.16. The molecule has 0 bridgehead atoms. The molecule has 1 N–H and O–H groups in total. The summed E-state index contributed by atoms with van der Waals surface area (Å²) in [5.41, 5.74) is 1.44. The largest absolute Gasteiger partial charge is 0.386 e. The maximum atomic E-state index is 13.3. The van der Waals surface area contributed by atoms with Gasteiger partial charge >= 0.3 is 0 Å². The van der Waals surface area contributed by atoms with Crippen molar-refractivity contribution < 1.29 is 14.2 Å². The zero-order valence-electron chi connectivity index (χ0n) is 10.3. The first-order valence-corrected chi connectivity index (χ1v) is 6.18. The molecule has 3 heteroatoms. The monoisotopic (exact) mass is 238 g/mol. The summed E-state index contributed by atoms with van der Waals surface area (Å²) < 4.78 is 18.9. The highest BCUT2D eigenvalue weighted by Crippen LogP contribution is 2.40. The molecule has 2 atom stereocenters. The van der Waals surface area contributed by atoms with Crippen molar-refractivity contribution in [2.45, 2.75) is 38.9 Å². The smallest absolute Gasteiger partial charge is 0.123 e. The van der Waals surface area contributed by atoms with Crippen LogP contribution in [0.25, 0.3) is 0 Å². The van der Waals surface area contributed by atoms with Gasteiger partial charge in [-0.05, 0) is 55.9 Å². The molecule has 94 valence electrons. The number of aryl methyl sites for hydroxylation is 1. The molecule has 1 aliphatic rings. The molecular weight excluding hydrogens is 219 g/mol. The Kier molecular flexibility index (Phi) is 3.79. The quantitative estimate of drug-likeness (QED) is 0.854. The van der Waals surface area contributed by atoms with Crippen LogP contribution >= 0.6 is 0 Å². The van der Waals surface area contributed by atoms with Crippen LogP contribution in [-0.2, 0) is 4.74 Å². The van der Waals surface area contributed by atoms with Crippen LogP contribution in [-0.4, -0.2) is 17.8 Å². The Labute approximate surface area is 101 Å². The minimum Gasteiger partial charge on any atom is -0.386 e. The van der Waals surface area contributed by atoms with E-state index in [9.17, 15) is 9.50 Å². The second kappa shape index (κ2) is 5.15. The van der Waals surface area contributed by atoms with Crippen molar-refractivity contribution in [2.24, 2.45) is 5.92 Å². The van der Waals surface area contributed by atoms with Crippen molar-refractivity contribution in [1.29, 1.82) is 0 Å². The number of ether oxygens (including phenoxy) is 1. The Bertz CT molecular complexity index is 368. The van der Waals surface area contributed by atoms with Crippen LogP contribution < -0.4 is 0 Å². The van der Waals surface area contributed by atoms with Crippen molar-refractivity contribution in [2.75, 3.05) is 6.61 Å². The van der Waals surface area contributed by atoms with Crippen LogP contribution in [0, 0.1) is 18.7 Å². The molecule has 1 aromatic rings. The summed E-state index contributed by atoms with van der Waals surface area (Å²) >= 11 is 0. The second-order valence-electron chi connectivity index (χ2n) is 4.76. The number of aliphatic hydroxyl groups excluding tert-OH is 1. The molecule has 1 saturated carbocycles. The molecule has 17 heavy (non-hydrogen) atoms. The third kappa shape index (κ3) is 3.05.